The number of aromatic nitrogens is 2. The highest BCUT2D eigenvalue weighted by molar-refractivity contribution is 5.42. The van der Waals surface area contributed by atoms with E-state index >= 15 is 0 Å². The zero-order valence-electron chi connectivity index (χ0n) is 15.0. The van der Waals surface area contributed by atoms with Gasteiger partial charge in [0.1, 0.15) is 0 Å². The van der Waals surface area contributed by atoms with Crippen molar-refractivity contribution in [3.8, 4) is 0 Å². The lowest BCUT2D eigenvalue weighted by atomic mass is 9.92. The van der Waals surface area contributed by atoms with Gasteiger partial charge in [-0.1, -0.05) is 20.8 Å². The maximum Gasteiger partial charge on any atom is 0.151 e. The Bertz CT molecular complexity index is 499. The van der Waals surface area contributed by atoms with E-state index in [0.29, 0.717) is 6.04 Å². The van der Waals surface area contributed by atoms with E-state index in [1.807, 2.05) is 0 Å². The average molecular weight is 318 g/mol. The molecule has 2 saturated heterocycles. The van der Waals surface area contributed by atoms with Crippen molar-refractivity contribution in [2.24, 2.45) is 5.92 Å². The number of ether oxygens (including phenoxy) is 1. The molecule has 0 N–H and O–H groups in total. The van der Waals surface area contributed by atoms with Crippen molar-refractivity contribution in [2.45, 2.75) is 45.1 Å². The van der Waals surface area contributed by atoms with Gasteiger partial charge in [-0.3, -0.25) is 4.90 Å². The molecule has 0 amide bonds. The van der Waals surface area contributed by atoms with Crippen LogP contribution >= 0.6 is 0 Å². The molecule has 1 aromatic rings. The van der Waals surface area contributed by atoms with E-state index < -0.39 is 0 Å². The zero-order valence-corrected chi connectivity index (χ0v) is 15.0. The third kappa shape index (κ3) is 4.01. The Labute approximate surface area is 140 Å². The topological polar surface area (TPSA) is 41.5 Å². The Morgan fingerprint density at radius 1 is 1.17 bits per heavy atom. The summed E-state index contributed by atoms with van der Waals surface area (Å²) in [7, 11) is 2.26. The van der Waals surface area contributed by atoms with Crippen molar-refractivity contribution in [3.63, 3.8) is 0 Å². The summed E-state index contributed by atoms with van der Waals surface area (Å²) in [5.41, 5.74) is 1.11. The Balaban J connectivity index is 1.48. The minimum atomic E-state index is 0.0624. The minimum Gasteiger partial charge on any atom is -0.381 e. The highest BCUT2D eigenvalue weighted by Crippen LogP contribution is 2.25. The monoisotopic (exact) mass is 318 g/mol. The molecule has 0 saturated carbocycles. The van der Waals surface area contributed by atoms with Crippen LogP contribution in [-0.4, -0.2) is 61.0 Å². The summed E-state index contributed by atoms with van der Waals surface area (Å²) in [6, 6.07) is 4.87. The van der Waals surface area contributed by atoms with E-state index in [1.165, 1.54) is 19.4 Å². The number of nitrogens with zero attached hydrogens (tertiary/aromatic N) is 4. The van der Waals surface area contributed by atoms with Gasteiger partial charge in [0.05, 0.1) is 5.69 Å². The summed E-state index contributed by atoms with van der Waals surface area (Å²) in [4.78, 5) is 4.84. The van der Waals surface area contributed by atoms with Gasteiger partial charge < -0.3 is 9.64 Å². The second-order valence-electron chi connectivity index (χ2n) is 8.08. The molecule has 0 aliphatic carbocycles. The van der Waals surface area contributed by atoms with Crippen molar-refractivity contribution >= 4 is 5.82 Å². The van der Waals surface area contributed by atoms with Crippen LogP contribution in [0.4, 0.5) is 5.82 Å². The molecule has 0 atom stereocenters. The summed E-state index contributed by atoms with van der Waals surface area (Å²) in [6.07, 6.45) is 2.42. The molecule has 3 rings (SSSR count). The SMILES string of the molecule is CN(CC1CCOCC1)C1CN(c2ccc(C(C)(C)C)nn2)C1. The van der Waals surface area contributed by atoms with Crippen LogP contribution in [0.1, 0.15) is 39.3 Å². The normalized spacial score (nSPS) is 20.8. The van der Waals surface area contributed by atoms with Crippen molar-refractivity contribution in [3.05, 3.63) is 17.8 Å². The van der Waals surface area contributed by atoms with E-state index in [-0.39, 0.29) is 5.41 Å². The van der Waals surface area contributed by atoms with E-state index in [1.54, 1.807) is 0 Å². The summed E-state index contributed by atoms with van der Waals surface area (Å²) in [5, 5.41) is 8.81. The fourth-order valence-electron chi connectivity index (χ4n) is 3.30. The molecule has 3 heterocycles. The standard InChI is InChI=1S/C18H30N4O/c1-18(2,3)16-5-6-17(20-19-16)22-12-15(13-22)21(4)11-14-7-9-23-10-8-14/h5-6,14-15H,7-13H2,1-4H3. The van der Waals surface area contributed by atoms with Crippen LogP contribution in [-0.2, 0) is 10.2 Å². The van der Waals surface area contributed by atoms with Crippen LogP contribution < -0.4 is 4.90 Å². The minimum absolute atomic E-state index is 0.0624. The molecule has 2 fully saturated rings. The first-order chi connectivity index (χ1) is 10.9. The third-order valence-corrected chi connectivity index (χ3v) is 5.12. The fourth-order valence-corrected chi connectivity index (χ4v) is 3.30. The lowest BCUT2D eigenvalue weighted by Gasteiger charge is -2.45. The zero-order chi connectivity index (χ0) is 16.4. The highest BCUT2D eigenvalue weighted by Gasteiger charge is 2.32. The first-order valence-electron chi connectivity index (χ1n) is 8.80. The maximum absolute atomic E-state index is 5.45. The molecule has 5 nitrogen and oxygen atoms in total. The van der Waals surface area contributed by atoms with Gasteiger partial charge in [-0.05, 0) is 37.9 Å². The predicted molar refractivity (Wildman–Crippen MR) is 92.9 cm³/mol. The first kappa shape index (κ1) is 16.7. The fraction of sp³-hybridized carbons (Fsp3) is 0.778. The molecule has 128 valence electrons. The van der Waals surface area contributed by atoms with Gasteiger partial charge in [0, 0.05) is 44.3 Å². The molecule has 5 heteroatoms. The van der Waals surface area contributed by atoms with E-state index in [9.17, 15) is 0 Å². The van der Waals surface area contributed by atoms with Gasteiger partial charge in [-0.25, -0.2) is 0 Å². The van der Waals surface area contributed by atoms with Crippen LogP contribution in [0.3, 0.4) is 0 Å². The maximum atomic E-state index is 5.45. The lowest BCUT2D eigenvalue weighted by Crippen LogP contribution is -2.59. The van der Waals surface area contributed by atoms with Crippen LogP contribution in [0.2, 0.25) is 0 Å². The number of hydrogen-bond donors (Lipinski definition) is 0. The molecule has 0 unspecified atom stereocenters. The Morgan fingerprint density at radius 2 is 1.87 bits per heavy atom. The van der Waals surface area contributed by atoms with Crippen LogP contribution in [0.15, 0.2) is 12.1 Å². The summed E-state index contributed by atoms with van der Waals surface area (Å²) in [5.74, 6) is 1.81. The van der Waals surface area contributed by atoms with Gasteiger partial charge in [0.15, 0.2) is 5.82 Å². The van der Waals surface area contributed by atoms with Crippen molar-refractivity contribution in [1.82, 2.24) is 15.1 Å². The summed E-state index contributed by atoms with van der Waals surface area (Å²) >= 11 is 0. The molecule has 2 aliphatic heterocycles. The predicted octanol–water partition coefficient (Wildman–Crippen LogP) is 2.32. The smallest absolute Gasteiger partial charge is 0.151 e. The molecule has 2 aliphatic rings. The first-order valence-corrected chi connectivity index (χ1v) is 8.80. The number of likely N-dealkylation sites (N-methyl/N-ethyl adjacent to an activating group) is 1. The van der Waals surface area contributed by atoms with Crippen molar-refractivity contribution in [1.29, 1.82) is 0 Å². The second kappa shape index (κ2) is 6.73. The molecule has 0 spiro atoms. The Morgan fingerprint density at radius 3 is 2.43 bits per heavy atom. The van der Waals surface area contributed by atoms with E-state index in [2.05, 4.69) is 59.9 Å². The van der Waals surface area contributed by atoms with Gasteiger partial charge in [-0.15, -0.1) is 5.10 Å². The molecule has 0 bridgehead atoms. The van der Waals surface area contributed by atoms with Crippen molar-refractivity contribution < 1.29 is 4.74 Å². The lowest BCUT2D eigenvalue weighted by molar-refractivity contribution is 0.0480. The summed E-state index contributed by atoms with van der Waals surface area (Å²) in [6.45, 7) is 11.7. The molecule has 23 heavy (non-hydrogen) atoms. The number of hydrogen-bond acceptors (Lipinski definition) is 5. The van der Waals surface area contributed by atoms with Crippen LogP contribution in [0.5, 0.6) is 0 Å². The molecule has 1 aromatic heterocycles. The Kier molecular flexibility index (Phi) is 4.87. The number of anilines is 1. The average Bonchev–Trinajstić information content (AvgIpc) is 2.46. The molecular formula is C18H30N4O. The molecular weight excluding hydrogens is 288 g/mol. The second-order valence-corrected chi connectivity index (χ2v) is 8.08. The van der Waals surface area contributed by atoms with Gasteiger partial charge in [0.25, 0.3) is 0 Å². The third-order valence-electron chi connectivity index (χ3n) is 5.12. The summed E-state index contributed by atoms with van der Waals surface area (Å²) < 4.78 is 5.45. The van der Waals surface area contributed by atoms with Gasteiger partial charge in [-0.2, -0.15) is 5.10 Å². The largest absolute Gasteiger partial charge is 0.381 e. The quantitative estimate of drug-likeness (QED) is 0.852. The number of rotatable bonds is 4. The Hall–Kier alpha value is -1.20. The van der Waals surface area contributed by atoms with Crippen LogP contribution in [0.25, 0.3) is 0 Å². The molecule has 0 aromatic carbocycles. The van der Waals surface area contributed by atoms with Crippen molar-refractivity contribution in [2.75, 3.05) is 44.8 Å². The highest BCUT2D eigenvalue weighted by atomic mass is 16.5. The van der Waals surface area contributed by atoms with E-state index in [4.69, 9.17) is 4.74 Å². The molecule has 0 radical (unpaired) electrons. The van der Waals surface area contributed by atoms with E-state index in [0.717, 1.165) is 43.7 Å². The van der Waals surface area contributed by atoms with Crippen LogP contribution in [0, 0.1) is 5.92 Å². The van der Waals surface area contributed by atoms with Gasteiger partial charge >= 0.3 is 0 Å². The van der Waals surface area contributed by atoms with Gasteiger partial charge in [0.2, 0.25) is 0 Å².